The van der Waals surface area contributed by atoms with Gasteiger partial charge in [-0.3, -0.25) is 9.69 Å². The summed E-state index contributed by atoms with van der Waals surface area (Å²) < 4.78 is 38.7. The average molecular weight is 344 g/mol. The lowest BCUT2D eigenvalue weighted by atomic mass is 10.0. The van der Waals surface area contributed by atoms with Gasteiger partial charge in [0.05, 0.1) is 18.2 Å². The molecule has 1 aromatic carbocycles. The number of halogens is 3. The molecule has 0 unspecified atom stereocenters. The highest BCUT2D eigenvalue weighted by atomic mass is 19.4. The first kappa shape index (κ1) is 18.7. The van der Waals surface area contributed by atoms with Crippen molar-refractivity contribution in [2.45, 2.75) is 38.6 Å². The van der Waals surface area contributed by atoms with Gasteiger partial charge in [-0.2, -0.15) is 13.2 Å². The number of alkyl halides is 3. The number of carbonyl (C=O) groups excluding carboxylic acids is 1. The van der Waals surface area contributed by atoms with Gasteiger partial charge in [0, 0.05) is 25.7 Å². The van der Waals surface area contributed by atoms with E-state index in [-0.39, 0.29) is 25.0 Å². The molecule has 1 saturated heterocycles. The normalized spacial score (nSPS) is 21.9. The third kappa shape index (κ3) is 4.27. The summed E-state index contributed by atoms with van der Waals surface area (Å²) in [6.45, 7) is 5.31. The van der Waals surface area contributed by atoms with Crippen molar-refractivity contribution >= 4 is 5.91 Å². The third-order valence-electron chi connectivity index (χ3n) is 4.43. The van der Waals surface area contributed by atoms with Crippen molar-refractivity contribution in [1.82, 2.24) is 9.80 Å². The maximum Gasteiger partial charge on any atom is 0.416 e. The monoisotopic (exact) mass is 344 g/mol. The Morgan fingerprint density at radius 2 is 2.00 bits per heavy atom. The molecule has 1 heterocycles. The van der Waals surface area contributed by atoms with Crippen molar-refractivity contribution in [3.05, 3.63) is 35.4 Å². The van der Waals surface area contributed by atoms with E-state index in [1.54, 1.807) is 15.9 Å². The summed E-state index contributed by atoms with van der Waals surface area (Å²) in [7, 11) is 0. The minimum atomic E-state index is -4.41. The van der Waals surface area contributed by atoms with Gasteiger partial charge in [-0.15, -0.1) is 0 Å². The fraction of sp³-hybridized carbons (Fsp3) is 0.588. The van der Waals surface area contributed by atoms with Crippen LogP contribution in [0.3, 0.4) is 0 Å². The number of hydrogen-bond donors (Lipinski definition) is 1. The van der Waals surface area contributed by atoms with Crippen molar-refractivity contribution in [3.63, 3.8) is 0 Å². The van der Waals surface area contributed by atoms with Gasteiger partial charge >= 0.3 is 6.18 Å². The van der Waals surface area contributed by atoms with Crippen LogP contribution in [-0.4, -0.2) is 53.1 Å². The number of likely N-dealkylation sites (tertiary alicyclic amines) is 1. The number of rotatable bonds is 5. The van der Waals surface area contributed by atoms with Crippen LogP contribution in [0.15, 0.2) is 24.3 Å². The van der Waals surface area contributed by atoms with E-state index in [0.29, 0.717) is 25.1 Å². The van der Waals surface area contributed by atoms with Crippen molar-refractivity contribution in [3.8, 4) is 0 Å². The largest absolute Gasteiger partial charge is 0.416 e. The highest BCUT2D eigenvalue weighted by molar-refractivity contribution is 5.78. The SMILES string of the molecule is CCN(CC)C(=O)CN1C[C@@H](O)C[C@@H]1c1cccc(C(F)(F)F)c1. The zero-order chi connectivity index (χ0) is 17.9. The molecule has 2 rings (SSSR count). The van der Waals surface area contributed by atoms with Gasteiger partial charge in [0.15, 0.2) is 0 Å². The van der Waals surface area contributed by atoms with Crippen molar-refractivity contribution in [2.24, 2.45) is 0 Å². The maximum absolute atomic E-state index is 12.9. The molecule has 1 N–H and O–H groups in total. The second-order valence-electron chi connectivity index (χ2n) is 6.02. The van der Waals surface area contributed by atoms with E-state index in [1.165, 1.54) is 6.07 Å². The molecule has 0 aliphatic carbocycles. The predicted molar refractivity (Wildman–Crippen MR) is 84.3 cm³/mol. The van der Waals surface area contributed by atoms with Crippen molar-refractivity contribution in [1.29, 1.82) is 0 Å². The van der Waals surface area contributed by atoms with E-state index in [0.717, 1.165) is 12.1 Å². The number of β-amino-alcohol motifs (C(OH)–C–C–N with tert-alkyl or cyclic N) is 1. The summed E-state index contributed by atoms with van der Waals surface area (Å²) in [5, 5.41) is 9.94. The first-order valence-electron chi connectivity index (χ1n) is 8.13. The summed E-state index contributed by atoms with van der Waals surface area (Å²) in [5.74, 6) is -0.0777. The number of hydrogen-bond acceptors (Lipinski definition) is 3. The van der Waals surface area contributed by atoms with Crippen LogP contribution in [0.1, 0.15) is 37.4 Å². The van der Waals surface area contributed by atoms with Gasteiger partial charge in [0.2, 0.25) is 5.91 Å². The molecule has 0 radical (unpaired) electrons. The predicted octanol–water partition coefficient (Wildman–Crippen LogP) is 2.68. The van der Waals surface area contributed by atoms with E-state index < -0.39 is 17.8 Å². The molecule has 1 aliphatic rings. The summed E-state index contributed by atoms with van der Waals surface area (Å²) in [5.41, 5.74) is -0.231. The van der Waals surface area contributed by atoms with Gasteiger partial charge in [-0.25, -0.2) is 0 Å². The Kier molecular flexibility index (Phi) is 5.87. The third-order valence-corrected chi connectivity index (χ3v) is 4.43. The molecule has 2 atom stereocenters. The van der Waals surface area contributed by atoms with Crippen LogP contribution < -0.4 is 0 Å². The molecule has 1 aromatic rings. The zero-order valence-corrected chi connectivity index (χ0v) is 13.9. The van der Waals surface area contributed by atoms with Crippen LogP contribution in [0.25, 0.3) is 0 Å². The molecule has 24 heavy (non-hydrogen) atoms. The second kappa shape index (κ2) is 7.53. The number of carbonyl (C=O) groups is 1. The van der Waals surface area contributed by atoms with Crippen molar-refractivity contribution < 1.29 is 23.1 Å². The Morgan fingerprint density at radius 1 is 1.33 bits per heavy atom. The average Bonchev–Trinajstić information content (AvgIpc) is 2.88. The zero-order valence-electron chi connectivity index (χ0n) is 13.9. The van der Waals surface area contributed by atoms with Gasteiger partial charge in [0.25, 0.3) is 0 Å². The molecule has 1 fully saturated rings. The fourth-order valence-electron chi connectivity index (χ4n) is 3.17. The van der Waals surface area contributed by atoms with Crippen LogP contribution in [0.4, 0.5) is 13.2 Å². The van der Waals surface area contributed by atoms with Crippen LogP contribution in [0, 0.1) is 0 Å². The Hall–Kier alpha value is -1.60. The molecule has 0 spiro atoms. The van der Waals surface area contributed by atoms with E-state index in [1.807, 2.05) is 13.8 Å². The highest BCUT2D eigenvalue weighted by Crippen LogP contribution is 2.36. The number of nitrogens with zero attached hydrogens (tertiary/aromatic N) is 2. The molecular formula is C17H23F3N2O2. The summed E-state index contributed by atoms with van der Waals surface area (Å²) in [6, 6.07) is 4.74. The summed E-state index contributed by atoms with van der Waals surface area (Å²) in [6.07, 6.45) is -4.73. The number of likely N-dealkylation sites (N-methyl/N-ethyl adjacent to an activating group) is 1. The van der Waals surface area contributed by atoms with Crippen LogP contribution in [0.2, 0.25) is 0 Å². The van der Waals surface area contributed by atoms with Crippen LogP contribution in [-0.2, 0) is 11.0 Å². The van der Waals surface area contributed by atoms with Gasteiger partial charge in [-0.1, -0.05) is 12.1 Å². The van der Waals surface area contributed by atoms with E-state index in [2.05, 4.69) is 0 Å². The number of benzene rings is 1. The smallest absolute Gasteiger partial charge is 0.392 e. The minimum absolute atomic E-state index is 0.0777. The lowest BCUT2D eigenvalue weighted by Gasteiger charge is -2.27. The molecule has 0 bridgehead atoms. The Balaban J connectivity index is 2.20. The molecule has 4 nitrogen and oxygen atoms in total. The lowest BCUT2D eigenvalue weighted by molar-refractivity contribution is -0.137. The van der Waals surface area contributed by atoms with E-state index in [9.17, 15) is 23.1 Å². The molecule has 0 aromatic heterocycles. The minimum Gasteiger partial charge on any atom is -0.392 e. The number of aliphatic hydroxyl groups is 1. The number of amides is 1. The highest BCUT2D eigenvalue weighted by Gasteiger charge is 2.36. The first-order chi connectivity index (χ1) is 11.3. The molecule has 0 saturated carbocycles. The Bertz CT molecular complexity index is 573. The molecular weight excluding hydrogens is 321 g/mol. The summed E-state index contributed by atoms with van der Waals surface area (Å²) in [4.78, 5) is 15.7. The topological polar surface area (TPSA) is 43.8 Å². The standard InChI is InChI=1S/C17H23F3N2O2/c1-3-21(4-2)16(24)11-22-10-14(23)9-15(22)12-6-5-7-13(8-12)17(18,19)20/h5-8,14-15,23H,3-4,9-11H2,1-2H3/t14-,15+/m0/s1. The molecule has 7 heteroatoms. The van der Waals surface area contributed by atoms with Gasteiger partial charge < -0.3 is 10.0 Å². The quantitative estimate of drug-likeness (QED) is 0.893. The molecule has 1 aliphatic heterocycles. The number of aliphatic hydroxyl groups excluding tert-OH is 1. The molecule has 1 amide bonds. The van der Waals surface area contributed by atoms with Gasteiger partial charge in [-0.05, 0) is 38.0 Å². The van der Waals surface area contributed by atoms with Crippen molar-refractivity contribution in [2.75, 3.05) is 26.2 Å². The van der Waals surface area contributed by atoms with Gasteiger partial charge in [0.1, 0.15) is 0 Å². The summed E-state index contributed by atoms with van der Waals surface area (Å²) >= 11 is 0. The van der Waals surface area contributed by atoms with E-state index >= 15 is 0 Å². The maximum atomic E-state index is 12.9. The fourth-order valence-corrected chi connectivity index (χ4v) is 3.17. The Morgan fingerprint density at radius 3 is 2.58 bits per heavy atom. The molecule has 134 valence electrons. The van der Waals surface area contributed by atoms with E-state index in [4.69, 9.17) is 0 Å². The lowest BCUT2D eigenvalue weighted by Crippen LogP contribution is -2.40. The second-order valence-corrected chi connectivity index (χ2v) is 6.02. The first-order valence-corrected chi connectivity index (χ1v) is 8.13. The van der Waals surface area contributed by atoms with Crippen LogP contribution in [0.5, 0.6) is 0 Å². The Labute approximate surface area is 139 Å². The van der Waals surface area contributed by atoms with Crippen LogP contribution >= 0.6 is 0 Å².